The summed E-state index contributed by atoms with van der Waals surface area (Å²) in [5.41, 5.74) is 0.364. The van der Waals surface area contributed by atoms with Gasteiger partial charge in [0.1, 0.15) is 12.4 Å². The lowest BCUT2D eigenvalue weighted by molar-refractivity contribution is -0.116. The highest BCUT2D eigenvalue weighted by molar-refractivity contribution is 7.91. The van der Waals surface area contributed by atoms with Crippen molar-refractivity contribution in [2.45, 2.75) is 11.4 Å². The molecule has 10 nitrogen and oxygen atoms in total. The van der Waals surface area contributed by atoms with Crippen LogP contribution >= 0.6 is 11.6 Å². The first-order valence-corrected chi connectivity index (χ1v) is 10.2. The predicted octanol–water partition coefficient (Wildman–Crippen LogP) is 1.19. The number of anilines is 1. The minimum Gasteiger partial charge on any atom is -0.475 e. The standard InChI is InChI=1S/C17H15ClN4O6S/c18-10-1-4-14(19-8-10)21-15(24)9-22-13-3-2-11(29(27,28)6-5-23)7-12(13)20-16(22)17(25)26/h1-4,7-8,23H,5-6,9H2,(H,25,26)(H,19,21,24). The monoisotopic (exact) mass is 438 g/mol. The molecule has 29 heavy (non-hydrogen) atoms. The second-order valence-corrected chi connectivity index (χ2v) is 8.48. The summed E-state index contributed by atoms with van der Waals surface area (Å²) in [6.45, 7) is -0.931. The van der Waals surface area contributed by atoms with Gasteiger partial charge < -0.3 is 20.1 Å². The topological polar surface area (TPSA) is 151 Å². The molecule has 0 aliphatic carbocycles. The maximum atomic E-state index is 12.3. The van der Waals surface area contributed by atoms with E-state index in [1.54, 1.807) is 0 Å². The third-order valence-electron chi connectivity index (χ3n) is 3.93. The highest BCUT2D eigenvalue weighted by atomic mass is 35.5. The number of benzene rings is 1. The maximum Gasteiger partial charge on any atom is 0.372 e. The van der Waals surface area contributed by atoms with E-state index < -0.39 is 39.9 Å². The number of imidazole rings is 1. The highest BCUT2D eigenvalue weighted by Gasteiger charge is 2.21. The molecule has 152 valence electrons. The Kier molecular flexibility index (Phi) is 5.82. The minimum atomic E-state index is -3.74. The van der Waals surface area contributed by atoms with Crippen LogP contribution < -0.4 is 5.32 Å². The van der Waals surface area contributed by atoms with E-state index in [0.29, 0.717) is 5.02 Å². The minimum absolute atomic E-state index is 0.0961. The Hall–Kier alpha value is -3.02. The van der Waals surface area contributed by atoms with Crippen molar-refractivity contribution in [2.24, 2.45) is 0 Å². The Labute approximate surface area is 169 Å². The Morgan fingerprint density at radius 2 is 1.97 bits per heavy atom. The van der Waals surface area contributed by atoms with E-state index in [0.717, 1.165) is 4.57 Å². The molecule has 1 amide bonds. The van der Waals surface area contributed by atoms with E-state index in [9.17, 15) is 23.1 Å². The first-order chi connectivity index (χ1) is 13.7. The lowest BCUT2D eigenvalue weighted by Crippen LogP contribution is -2.22. The van der Waals surface area contributed by atoms with Gasteiger partial charge in [-0.25, -0.2) is 23.2 Å². The quantitative estimate of drug-likeness (QED) is 0.497. The molecule has 2 heterocycles. The number of carbonyl (C=O) groups is 2. The number of aromatic nitrogens is 3. The molecule has 3 aromatic rings. The Morgan fingerprint density at radius 1 is 1.21 bits per heavy atom. The molecule has 0 radical (unpaired) electrons. The van der Waals surface area contributed by atoms with Crippen molar-refractivity contribution < 1.29 is 28.2 Å². The number of carbonyl (C=O) groups excluding carboxylic acids is 1. The molecule has 0 aliphatic rings. The van der Waals surface area contributed by atoms with Crippen LogP contribution in [0.25, 0.3) is 11.0 Å². The predicted molar refractivity (Wildman–Crippen MR) is 104 cm³/mol. The molecule has 0 fully saturated rings. The van der Waals surface area contributed by atoms with Crippen molar-refractivity contribution in [3.8, 4) is 0 Å². The number of rotatable bonds is 7. The smallest absolute Gasteiger partial charge is 0.372 e. The van der Waals surface area contributed by atoms with Crippen LogP contribution in [0.1, 0.15) is 10.6 Å². The van der Waals surface area contributed by atoms with Gasteiger partial charge in [-0.2, -0.15) is 0 Å². The fraction of sp³-hybridized carbons (Fsp3) is 0.176. The summed E-state index contributed by atoms with van der Waals surface area (Å²) in [6, 6.07) is 6.88. The summed E-state index contributed by atoms with van der Waals surface area (Å²) >= 11 is 5.74. The zero-order valence-corrected chi connectivity index (χ0v) is 16.3. The number of fused-ring (bicyclic) bond motifs is 1. The molecule has 12 heteroatoms. The number of carboxylic acids is 1. The van der Waals surface area contributed by atoms with Crippen LogP contribution in [-0.2, 0) is 21.2 Å². The first kappa shape index (κ1) is 20.7. The van der Waals surface area contributed by atoms with Crippen molar-refractivity contribution in [1.82, 2.24) is 14.5 Å². The molecule has 3 N–H and O–H groups in total. The highest BCUT2D eigenvalue weighted by Crippen LogP contribution is 2.22. The van der Waals surface area contributed by atoms with E-state index >= 15 is 0 Å². The average molecular weight is 439 g/mol. The number of amides is 1. The largest absolute Gasteiger partial charge is 0.475 e. The van der Waals surface area contributed by atoms with Crippen molar-refractivity contribution in [3.63, 3.8) is 0 Å². The first-order valence-electron chi connectivity index (χ1n) is 8.20. The lowest BCUT2D eigenvalue weighted by Gasteiger charge is -2.08. The van der Waals surface area contributed by atoms with Crippen LogP contribution in [0, 0.1) is 0 Å². The lowest BCUT2D eigenvalue weighted by atomic mass is 10.3. The number of aliphatic hydroxyl groups excluding tert-OH is 1. The van der Waals surface area contributed by atoms with Gasteiger partial charge in [0.2, 0.25) is 11.7 Å². The molecule has 0 saturated heterocycles. The maximum absolute atomic E-state index is 12.3. The summed E-state index contributed by atoms with van der Waals surface area (Å²) in [5.74, 6) is -2.59. The average Bonchev–Trinajstić information content (AvgIpc) is 3.01. The van der Waals surface area contributed by atoms with Gasteiger partial charge in [-0.1, -0.05) is 11.6 Å². The molecule has 0 aliphatic heterocycles. The van der Waals surface area contributed by atoms with Crippen LogP contribution in [-0.4, -0.2) is 57.4 Å². The van der Waals surface area contributed by atoms with Gasteiger partial charge in [-0.05, 0) is 30.3 Å². The van der Waals surface area contributed by atoms with Crippen molar-refractivity contribution in [2.75, 3.05) is 17.7 Å². The third-order valence-corrected chi connectivity index (χ3v) is 5.84. The molecule has 1 aromatic carbocycles. The summed E-state index contributed by atoms with van der Waals surface area (Å²) in [5, 5.41) is 21.2. The summed E-state index contributed by atoms with van der Waals surface area (Å²) < 4.78 is 25.4. The van der Waals surface area contributed by atoms with Gasteiger partial charge in [0.25, 0.3) is 0 Å². The zero-order valence-electron chi connectivity index (χ0n) is 14.7. The van der Waals surface area contributed by atoms with Crippen LogP contribution in [0.5, 0.6) is 0 Å². The Balaban J connectivity index is 1.95. The number of aromatic carboxylic acids is 1. The molecule has 0 unspecified atom stereocenters. The Morgan fingerprint density at radius 3 is 2.59 bits per heavy atom. The molecular formula is C17H15ClN4O6S. The van der Waals surface area contributed by atoms with Gasteiger partial charge >= 0.3 is 5.97 Å². The summed E-state index contributed by atoms with van der Waals surface area (Å²) in [6.07, 6.45) is 1.35. The number of aliphatic hydroxyl groups is 1. The number of sulfone groups is 1. The van der Waals surface area contributed by atoms with Crippen LogP contribution in [0.2, 0.25) is 5.02 Å². The summed E-state index contributed by atoms with van der Waals surface area (Å²) in [4.78, 5) is 31.7. The molecule has 2 aromatic heterocycles. The number of hydrogen-bond donors (Lipinski definition) is 3. The number of halogens is 1. The van der Waals surface area contributed by atoms with Gasteiger partial charge in [0, 0.05) is 6.20 Å². The normalized spacial score (nSPS) is 11.5. The van der Waals surface area contributed by atoms with Gasteiger partial charge in [-0.3, -0.25) is 4.79 Å². The second kappa shape index (κ2) is 8.15. The van der Waals surface area contributed by atoms with Crippen LogP contribution in [0.4, 0.5) is 5.82 Å². The number of nitrogens with one attached hydrogen (secondary N) is 1. The fourth-order valence-electron chi connectivity index (χ4n) is 2.64. The summed E-state index contributed by atoms with van der Waals surface area (Å²) in [7, 11) is -3.74. The molecule has 0 atom stereocenters. The van der Waals surface area contributed by atoms with E-state index in [1.165, 1.54) is 36.5 Å². The van der Waals surface area contributed by atoms with E-state index in [1.807, 2.05) is 0 Å². The number of pyridine rings is 1. The number of nitrogens with zero attached hydrogens (tertiary/aromatic N) is 3. The third kappa shape index (κ3) is 4.53. The van der Waals surface area contributed by atoms with Crippen LogP contribution in [0.15, 0.2) is 41.4 Å². The molecule has 0 bridgehead atoms. The van der Waals surface area contributed by atoms with Gasteiger partial charge in [0.05, 0.1) is 33.3 Å². The van der Waals surface area contributed by atoms with Crippen LogP contribution in [0.3, 0.4) is 0 Å². The number of carboxylic acid groups (broad SMARTS) is 1. The van der Waals surface area contributed by atoms with Gasteiger partial charge in [-0.15, -0.1) is 0 Å². The molecular weight excluding hydrogens is 424 g/mol. The van der Waals surface area contributed by atoms with Crippen molar-refractivity contribution in [1.29, 1.82) is 0 Å². The molecule has 0 spiro atoms. The zero-order chi connectivity index (χ0) is 21.2. The SMILES string of the molecule is O=C(Cn1c(C(=O)O)nc2cc(S(=O)(=O)CCO)ccc21)Nc1ccc(Cl)cn1. The van der Waals surface area contributed by atoms with Crippen molar-refractivity contribution >= 4 is 50.2 Å². The number of hydrogen-bond acceptors (Lipinski definition) is 7. The van der Waals surface area contributed by atoms with Crippen molar-refractivity contribution in [3.05, 3.63) is 47.4 Å². The fourth-order valence-corrected chi connectivity index (χ4v) is 3.79. The second-order valence-electron chi connectivity index (χ2n) is 5.93. The molecule has 3 rings (SSSR count). The van der Waals surface area contributed by atoms with E-state index in [2.05, 4.69) is 15.3 Å². The van der Waals surface area contributed by atoms with E-state index in [4.69, 9.17) is 16.7 Å². The Bertz CT molecular complexity index is 1190. The van der Waals surface area contributed by atoms with E-state index in [-0.39, 0.29) is 28.3 Å². The van der Waals surface area contributed by atoms with Gasteiger partial charge in [0.15, 0.2) is 9.84 Å². The molecule has 0 saturated carbocycles.